The summed E-state index contributed by atoms with van der Waals surface area (Å²) in [6.07, 6.45) is 15.9. The lowest BCUT2D eigenvalue weighted by Crippen LogP contribution is -2.10. The SMILES string of the molecule is CCCCc1ccc(N2c3ccc(cc3)/C=C\c3ccc(cc3)N(c3ccc(CCCC)cc3)c3ccc(cc3)/C=C\c3ccc2cc3)cc1. The van der Waals surface area contributed by atoms with Crippen LogP contribution in [0.15, 0.2) is 146 Å². The van der Waals surface area contributed by atoms with E-state index in [-0.39, 0.29) is 0 Å². The summed E-state index contributed by atoms with van der Waals surface area (Å²) in [5, 5.41) is 0. The van der Waals surface area contributed by atoms with Gasteiger partial charge < -0.3 is 9.80 Å². The van der Waals surface area contributed by atoms with Crippen LogP contribution in [-0.4, -0.2) is 0 Å². The molecule has 2 nitrogen and oxygen atoms in total. The minimum Gasteiger partial charge on any atom is -0.311 e. The van der Waals surface area contributed by atoms with E-state index in [1.165, 1.54) is 59.1 Å². The number of hydrogen-bond donors (Lipinski definition) is 0. The highest BCUT2D eigenvalue weighted by Crippen LogP contribution is 2.37. The maximum absolute atomic E-state index is 2.35. The second-order valence-electron chi connectivity index (χ2n) is 13.2. The monoisotopic (exact) mass is 650 g/mol. The molecule has 0 atom stereocenters. The Bertz CT molecular complexity index is 1760. The van der Waals surface area contributed by atoms with Crippen molar-refractivity contribution in [2.75, 3.05) is 9.80 Å². The van der Waals surface area contributed by atoms with E-state index in [4.69, 9.17) is 0 Å². The number of hydrogen-bond acceptors (Lipinski definition) is 2. The van der Waals surface area contributed by atoms with E-state index < -0.39 is 0 Å². The molecule has 7 aliphatic rings. The van der Waals surface area contributed by atoms with E-state index in [1.807, 2.05) is 0 Å². The number of unbranched alkanes of at least 4 members (excludes halogenated alkanes) is 2. The first-order valence-electron chi connectivity index (χ1n) is 18.2. The lowest BCUT2D eigenvalue weighted by atomic mass is 10.1. The van der Waals surface area contributed by atoms with Gasteiger partial charge in [0.1, 0.15) is 0 Å². The molecule has 0 spiro atoms. The van der Waals surface area contributed by atoms with Crippen LogP contribution in [0.1, 0.15) is 72.9 Å². The highest BCUT2D eigenvalue weighted by Gasteiger charge is 2.14. The van der Waals surface area contributed by atoms with Gasteiger partial charge in [-0.25, -0.2) is 0 Å². The summed E-state index contributed by atoms with van der Waals surface area (Å²) in [5.41, 5.74) is 14.3. The fraction of sp³-hybridized carbons (Fsp3) is 0.167. The van der Waals surface area contributed by atoms with Crippen molar-refractivity contribution < 1.29 is 0 Å². The summed E-state index contributed by atoms with van der Waals surface area (Å²) in [6.45, 7) is 4.50. The molecule has 0 aromatic heterocycles. The van der Waals surface area contributed by atoms with Crippen LogP contribution in [-0.2, 0) is 12.8 Å². The quantitative estimate of drug-likeness (QED) is 0.161. The number of benzene rings is 6. The highest BCUT2D eigenvalue weighted by atomic mass is 15.1. The third-order valence-electron chi connectivity index (χ3n) is 9.57. The van der Waals surface area contributed by atoms with Gasteiger partial charge in [-0.1, -0.05) is 124 Å². The van der Waals surface area contributed by atoms with E-state index in [9.17, 15) is 0 Å². The molecule has 0 saturated heterocycles. The van der Waals surface area contributed by atoms with Crippen LogP contribution in [0.25, 0.3) is 24.3 Å². The van der Waals surface area contributed by atoms with Crippen molar-refractivity contribution in [1.82, 2.24) is 0 Å². The third-order valence-corrected chi connectivity index (χ3v) is 9.57. The zero-order valence-electron chi connectivity index (χ0n) is 29.3. The minimum absolute atomic E-state index is 1.12. The predicted molar refractivity (Wildman–Crippen MR) is 217 cm³/mol. The maximum atomic E-state index is 2.35. The largest absolute Gasteiger partial charge is 0.311 e. The van der Waals surface area contributed by atoms with Crippen molar-refractivity contribution in [3.05, 3.63) is 179 Å². The van der Waals surface area contributed by atoms with Crippen LogP contribution in [0.3, 0.4) is 0 Å². The fourth-order valence-electron chi connectivity index (χ4n) is 6.60. The average molecular weight is 651 g/mol. The summed E-state index contributed by atoms with van der Waals surface area (Å²) in [7, 11) is 0. The molecule has 50 heavy (non-hydrogen) atoms. The van der Waals surface area contributed by atoms with Crippen molar-refractivity contribution in [3.63, 3.8) is 0 Å². The Labute approximate surface area is 298 Å². The van der Waals surface area contributed by atoms with Crippen LogP contribution >= 0.6 is 0 Å². The second-order valence-corrected chi connectivity index (χ2v) is 13.2. The van der Waals surface area contributed by atoms with E-state index >= 15 is 0 Å². The molecule has 0 amide bonds. The number of rotatable bonds is 8. The second kappa shape index (κ2) is 15.7. The van der Waals surface area contributed by atoms with E-state index in [0.29, 0.717) is 0 Å². The zero-order chi connectivity index (χ0) is 34.1. The molecule has 0 radical (unpaired) electrons. The lowest BCUT2D eigenvalue weighted by molar-refractivity contribution is 0.795. The summed E-state index contributed by atoms with van der Waals surface area (Å²) in [6, 6.07) is 53.6. The van der Waals surface area contributed by atoms with Gasteiger partial charge in [0.25, 0.3) is 0 Å². The first-order valence-corrected chi connectivity index (χ1v) is 18.2. The Morgan fingerprint density at radius 3 is 0.740 bits per heavy atom. The molecule has 0 unspecified atom stereocenters. The first kappa shape index (κ1) is 32.9. The molecular formula is C48H46N2. The summed E-state index contributed by atoms with van der Waals surface area (Å²) >= 11 is 0. The van der Waals surface area contributed by atoms with E-state index in [2.05, 4.69) is 194 Å². The maximum Gasteiger partial charge on any atom is 0.0462 e. The predicted octanol–water partition coefficient (Wildman–Crippen LogP) is 14.0. The van der Waals surface area contributed by atoms with Crippen molar-refractivity contribution in [2.45, 2.75) is 52.4 Å². The Hall–Kier alpha value is -5.60. The van der Waals surface area contributed by atoms with Crippen LogP contribution in [0.2, 0.25) is 0 Å². The molecule has 6 aromatic carbocycles. The number of nitrogens with zero attached hydrogens (tertiary/aromatic N) is 2. The number of anilines is 6. The van der Waals surface area contributed by atoms with Gasteiger partial charge >= 0.3 is 0 Å². The summed E-state index contributed by atoms with van der Waals surface area (Å²) < 4.78 is 0. The van der Waals surface area contributed by atoms with Gasteiger partial charge in [0.2, 0.25) is 0 Å². The minimum atomic E-state index is 1.12. The highest BCUT2D eigenvalue weighted by molar-refractivity contribution is 5.82. The molecule has 248 valence electrons. The zero-order valence-corrected chi connectivity index (χ0v) is 29.3. The molecule has 6 aromatic rings. The Morgan fingerprint density at radius 2 is 0.520 bits per heavy atom. The Kier molecular flexibility index (Phi) is 10.4. The van der Waals surface area contributed by atoms with Crippen LogP contribution in [0.5, 0.6) is 0 Å². The van der Waals surface area contributed by atoms with Gasteiger partial charge in [-0.2, -0.15) is 0 Å². The molecule has 0 fully saturated rings. The van der Waals surface area contributed by atoms with Crippen molar-refractivity contribution in [1.29, 1.82) is 0 Å². The first-order chi connectivity index (χ1) is 24.7. The Morgan fingerprint density at radius 1 is 0.300 bits per heavy atom. The molecule has 2 heteroatoms. The van der Waals surface area contributed by atoms with Crippen LogP contribution in [0, 0.1) is 0 Å². The molecule has 8 bridgehead atoms. The molecule has 0 aliphatic carbocycles. The van der Waals surface area contributed by atoms with E-state index in [1.54, 1.807) is 0 Å². The van der Waals surface area contributed by atoms with Gasteiger partial charge in [-0.15, -0.1) is 0 Å². The smallest absolute Gasteiger partial charge is 0.0462 e. The molecule has 13 rings (SSSR count). The molecular weight excluding hydrogens is 605 g/mol. The van der Waals surface area contributed by atoms with Crippen molar-refractivity contribution >= 4 is 58.4 Å². The van der Waals surface area contributed by atoms with Crippen molar-refractivity contribution in [2.24, 2.45) is 0 Å². The molecule has 0 saturated carbocycles. The van der Waals surface area contributed by atoms with Crippen LogP contribution < -0.4 is 9.80 Å². The average Bonchev–Trinajstić information content (AvgIpc) is 3.17. The van der Waals surface area contributed by atoms with Crippen LogP contribution in [0.4, 0.5) is 34.1 Å². The Balaban J connectivity index is 1.26. The van der Waals surface area contributed by atoms with Gasteiger partial charge in [-0.05, 0) is 132 Å². The molecule has 7 heterocycles. The topological polar surface area (TPSA) is 6.48 Å². The van der Waals surface area contributed by atoms with Gasteiger partial charge in [0, 0.05) is 34.1 Å². The fourth-order valence-corrected chi connectivity index (χ4v) is 6.60. The molecule has 0 N–H and O–H groups in total. The van der Waals surface area contributed by atoms with Gasteiger partial charge in [0.15, 0.2) is 0 Å². The van der Waals surface area contributed by atoms with Crippen molar-refractivity contribution in [3.8, 4) is 0 Å². The van der Waals surface area contributed by atoms with Gasteiger partial charge in [0.05, 0.1) is 0 Å². The third kappa shape index (κ3) is 7.82. The lowest BCUT2D eigenvalue weighted by Gasteiger charge is -2.26. The molecule has 7 aliphatic heterocycles. The summed E-state index contributed by atoms with van der Waals surface area (Å²) in [5.74, 6) is 0. The summed E-state index contributed by atoms with van der Waals surface area (Å²) in [4.78, 5) is 4.69. The normalized spacial score (nSPS) is 13.7. The van der Waals surface area contributed by atoms with Gasteiger partial charge in [-0.3, -0.25) is 0 Å². The standard InChI is InChI=1S/C48H46N2/c1-3-5-7-37-13-25-43(26-14-37)49-45-29-17-39(18-30-45)9-11-41-21-33-47(34-22-41)50(44-27-15-38(16-28-44)8-6-4-2)48-35-23-42(24-36-48)12-10-40-19-31-46(49)32-20-40/h9-36H,3-8H2,1-2H3/b11-9-,12-10-. The number of aryl methyl sites for hydroxylation is 2. The van der Waals surface area contributed by atoms with E-state index in [0.717, 1.165) is 47.0 Å².